The molecule has 1 N–H and O–H groups in total. The third kappa shape index (κ3) is 4.15. The van der Waals surface area contributed by atoms with Crippen LogP contribution in [-0.4, -0.2) is 35.1 Å². The van der Waals surface area contributed by atoms with Gasteiger partial charge in [0.1, 0.15) is 0 Å². The van der Waals surface area contributed by atoms with Crippen molar-refractivity contribution in [2.24, 2.45) is 0 Å². The summed E-state index contributed by atoms with van der Waals surface area (Å²) in [5.41, 5.74) is 1.45. The Labute approximate surface area is 159 Å². The van der Waals surface area contributed by atoms with Gasteiger partial charge in [-0.25, -0.2) is 0 Å². The van der Waals surface area contributed by atoms with Crippen LogP contribution in [0.25, 0.3) is 0 Å². The number of benzene rings is 2. The summed E-state index contributed by atoms with van der Waals surface area (Å²) in [5.74, 6) is -2.79. The maximum absolute atomic E-state index is 12.3. The van der Waals surface area contributed by atoms with Crippen LogP contribution in [0.4, 0.5) is 5.69 Å². The number of rotatable bonds is 6. The Bertz CT molecular complexity index is 940. The van der Waals surface area contributed by atoms with Crippen LogP contribution in [0, 0.1) is 0 Å². The van der Waals surface area contributed by atoms with E-state index in [4.69, 9.17) is 11.6 Å². The van der Waals surface area contributed by atoms with Gasteiger partial charge < -0.3 is 15.2 Å². The quantitative estimate of drug-likeness (QED) is 0.753. The van der Waals surface area contributed by atoms with E-state index in [1.54, 1.807) is 24.3 Å². The second-order valence-corrected chi connectivity index (χ2v) is 6.43. The molecule has 0 bridgehead atoms. The molecule has 0 fully saturated rings. The highest BCUT2D eigenvalue weighted by molar-refractivity contribution is 6.30. The fourth-order valence-corrected chi connectivity index (χ4v) is 2.89. The molecule has 27 heavy (non-hydrogen) atoms. The van der Waals surface area contributed by atoms with E-state index in [-0.39, 0.29) is 30.0 Å². The van der Waals surface area contributed by atoms with E-state index in [9.17, 15) is 24.3 Å². The molecule has 7 nitrogen and oxygen atoms in total. The minimum atomic E-state index is -1.35. The summed E-state index contributed by atoms with van der Waals surface area (Å²) in [6.45, 7) is -0.257. The van der Waals surface area contributed by atoms with Crippen molar-refractivity contribution in [2.75, 3.05) is 11.9 Å². The first-order chi connectivity index (χ1) is 12.8. The van der Waals surface area contributed by atoms with Crippen LogP contribution in [-0.2, 0) is 16.0 Å². The van der Waals surface area contributed by atoms with Crippen LogP contribution in [0.3, 0.4) is 0 Å². The van der Waals surface area contributed by atoms with Gasteiger partial charge in [0.25, 0.3) is 11.8 Å². The first-order valence-electron chi connectivity index (χ1n) is 8.09. The van der Waals surface area contributed by atoms with E-state index >= 15 is 0 Å². The third-order valence-electron chi connectivity index (χ3n) is 4.07. The maximum Gasteiger partial charge on any atom is 0.261 e. The molecule has 0 aliphatic carbocycles. The molecule has 138 valence electrons. The van der Waals surface area contributed by atoms with Crippen LogP contribution in [0.5, 0.6) is 0 Å². The molecule has 0 spiro atoms. The highest BCUT2D eigenvalue weighted by Crippen LogP contribution is 2.26. The molecule has 3 rings (SSSR count). The standard InChI is InChI=1S/C19H15ClN2O5/c20-12-3-1-11(2-4-12)9-16(23)21-13-5-6-14-15(10-13)19(27)22(18(14)26)8-7-17(24)25/h1-6,10H,7-9H2,(H,21,23)(H,24,25)/p-1. The highest BCUT2D eigenvalue weighted by atomic mass is 35.5. The molecule has 0 atom stereocenters. The zero-order valence-electron chi connectivity index (χ0n) is 14.0. The van der Waals surface area contributed by atoms with Crippen molar-refractivity contribution in [1.82, 2.24) is 4.90 Å². The second-order valence-electron chi connectivity index (χ2n) is 6.00. The van der Waals surface area contributed by atoms with Crippen LogP contribution in [0.2, 0.25) is 5.02 Å². The van der Waals surface area contributed by atoms with Crippen LogP contribution in [0.15, 0.2) is 42.5 Å². The van der Waals surface area contributed by atoms with Gasteiger partial charge in [-0.1, -0.05) is 23.7 Å². The number of nitrogens with zero attached hydrogens (tertiary/aromatic N) is 1. The van der Waals surface area contributed by atoms with Gasteiger partial charge in [0.2, 0.25) is 5.91 Å². The Balaban J connectivity index is 1.71. The number of fused-ring (bicyclic) bond motifs is 1. The van der Waals surface area contributed by atoms with Gasteiger partial charge in [-0.2, -0.15) is 0 Å². The summed E-state index contributed by atoms with van der Waals surface area (Å²) in [7, 11) is 0. The fourth-order valence-electron chi connectivity index (χ4n) is 2.77. The normalized spacial score (nSPS) is 12.9. The number of carboxylic acid groups (broad SMARTS) is 1. The van der Waals surface area contributed by atoms with E-state index < -0.39 is 24.2 Å². The molecule has 2 aromatic carbocycles. The molecule has 0 radical (unpaired) electrons. The molecular formula is C19H14ClN2O5-. The summed E-state index contributed by atoms with van der Waals surface area (Å²) in [6.07, 6.45) is -0.310. The molecule has 3 amide bonds. The molecule has 0 saturated heterocycles. The Morgan fingerprint density at radius 3 is 2.33 bits per heavy atom. The van der Waals surface area contributed by atoms with Crippen molar-refractivity contribution < 1.29 is 24.3 Å². The number of halogens is 1. The van der Waals surface area contributed by atoms with E-state index in [0.29, 0.717) is 10.7 Å². The van der Waals surface area contributed by atoms with Gasteiger partial charge in [0.05, 0.1) is 17.5 Å². The van der Waals surface area contributed by atoms with Crippen molar-refractivity contribution in [2.45, 2.75) is 12.8 Å². The number of nitrogens with one attached hydrogen (secondary N) is 1. The van der Waals surface area contributed by atoms with Gasteiger partial charge in [-0.05, 0) is 35.9 Å². The predicted octanol–water partition coefficient (Wildman–Crippen LogP) is 1.26. The molecule has 1 aliphatic heterocycles. The molecule has 2 aromatic rings. The molecule has 0 unspecified atom stereocenters. The smallest absolute Gasteiger partial charge is 0.261 e. The molecular weight excluding hydrogens is 372 g/mol. The number of imide groups is 1. The summed E-state index contributed by atoms with van der Waals surface area (Å²) in [4.78, 5) is 48.2. The van der Waals surface area contributed by atoms with E-state index in [0.717, 1.165) is 10.5 Å². The van der Waals surface area contributed by atoms with Gasteiger partial charge in [-0.3, -0.25) is 19.3 Å². The largest absolute Gasteiger partial charge is 0.550 e. The van der Waals surface area contributed by atoms with Gasteiger partial charge in [-0.15, -0.1) is 0 Å². The second kappa shape index (κ2) is 7.59. The number of hydrogen-bond acceptors (Lipinski definition) is 5. The van der Waals surface area contributed by atoms with E-state index in [1.165, 1.54) is 18.2 Å². The zero-order valence-corrected chi connectivity index (χ0v) is 14.8. The Morgan fingerprint density at radius 1 is 1.00 bits per heavy atom. The lowest BCUT2D eigenvalue weighted by Gasteiger charge is -2.13. The minimum absolute atomic E-state index is 0.124. The number of carbonyl (C=O) groups excluding carboxylic acids is 4. The Hall–Kier alpha value is -3.19. The number of hydrogen-bond donors (Lipinski definition) is 1. The summed E-state index contributed by atoms with van der Waals surface area (Å²) >= 11 is 5.81. The van der Waals surface area contributed by atoms with E-state index in [1.807, 2.05) is 0 Å². The first kappa shape index (κ1) is 18.6. The van der Waals surface area contributed by atoms with Crippen LogP contribution in [0.1, 0.15) is 32.7 Å². The SMILES string of the molecule is O=C([O-])CCN1C(=O)c2ccc(NC(=O)Cc3ccc(Cl)cc3)cc2C1=O. The van der Waals surface area contributed by atoms with Crippen molar-refractivity contribution in [1.29, 1.82) is 0 Å². The highest BCUT2D eigenvalue weighted by Gasteiger charge is 2.35. The molecule has 8 heteroatoms. The van der Waals surface area contributed by atoms with Crippen molar-refractivity contribution in [3.63, 3.8) is 0 Å². The molecule has 0 saturated carbocycles. The maximum atomic E-state index is 12.3. The summed E-state index contributed by atoms with van der Waals surface area (Å²) in [5, 5.41) is 13.8. The van der Waals surface area contributed by atoms with Crippen molar-refractivity contribution in [3.05, 3.63) is 64.2 Å². The Kier molecular flexibility index (Phi) is 5.23. The number of anilines is 1. The summed E-state index contributed by atoms with van der Waals surface area (Å²) in [6, 6.07) is 11.2. The first-order valence-corrected chi connectivity index (χ1v) is 8.47. The molecule has 1 aliphatic rings. The molecule has 1 heterocycles. The average Bonchev–Trinajstić information content (AvgIpc) is 2.85. The Morgan fingerprint density at radius 2 is 1.67 bits per heavy atom. The van der Waals surface area contributed by atoms with E-state index in [2.05, 4.69) is 5.32 Å². The number of carboxylic acids is 1. The van der Waals surface area contributed by atoms with Crippen LogP contribution >= 0.6 is 11.6 Å². The number of aliphatic carboxylic acids is 1. The molecule has 0 aromatic heterocycles. The predicted molar refractivity (Wildman–Crippen MR) is 95.2 cm³/mol. The van der Waals surface area contributed by atoms with Crippen molar-refractivity contribution >= 4 is 41.0 Å². The zero-order chi connectivity index (χ0) is 19.6. The van der Waals surface area contributed by atoms with Gasteiger partial charge in [0.15, 0.2) is 0 Å². The number of carbonyl (C=O) groups is 4. The van der Waals surface area contributed by atoms with Gasteiger partial charge >= 0.3 is 0 Å². The topological polar surface area (TPSA) is 107 Å². The lowest BCUT2D eigenvalue weighted by Crippen LogP contribution is -2.34. The lowest BCUT2D eigenvalue weighted by atomic mass is 10.1. The third-order valence-corrected chi connectivity index (χ3v) is 4.32. The van der Waals surface area contributed by atoms with Gasteiger partial charge in [0, 0.05) is 29.6 Å². The fraction of sp³-hybridized carbons (Fsp3) is 0.158. The monoisotopic (exact) mass is 385 g/mol. The van der Waals surface area contributed by atoms with Crippen LogP contribution < -0.4 is 10.4 Å². The average molecular weight is 386 g/mol. The number of amides is 3. The summed E-state index contributed by atoms with van der Waals surface area (Å²) < 4.78 is 0. The van der Waals surface area contributed by atoms with Crippen molar-refractivity contribution in [3.8, 4) is 0 Å². The minimum Gasteiger partial charge on any atom is -0.550 e. The lowest BCUT2D eigenvalue weighted by molar-refractivity contribution is -0.305.